The molecule has 1 fully saturated rings. The molecule has 1 aliphatic rings. The minimum Gasteiger partial charge on any atom is -0.379 e. The van der Waals surface area contributed by atoms with Gasteiger partial charge in [-0.1, -0.05) is 30.3 Å². The van der Waals surface area contributed by atoms with Crippen LogP contribution in [0.2, 0.25) is 0 Å². The Morgan fingerprint density at radius 2 is 1.87 bits per heavy atom. The maximum absolute atomic E-state index is 11.5. The molecule has 2 aromatic carbocycles. The number of rotatable bonds is 2. The minimum atomic E-state index is -0.787. The third kappa shape index (κ3) is 2.37. The molecule has 3 nitrogen and oxygen atoms in total. The van der Waals surface area contributed by atoms with Crippen molar-refractivity contribution in [2.75, 3.05) is 20.1 Å². The lowest BCUT2D eigenvalue weighted by Crippen LogP contribution is -2.58. The zero-order chi connectivity index (χ0) is 15.9. The van der Waals surface area contributed by atoms with E-state index >= 15 is 0 Å². The molecule has 0 aliphatic carbocycles. The molecule has 0 radical (unpaired) electrons. The van der Waals surface area contributed by atoms with E-state index in [-0.39, 0.29) is 0 Å². The number of nitrogens with one attached hydrogen (secondary N) is 1. The summed E-state index contributed by atoms with van der Waals surface area (Å²) in [6.07, 6.45) is 3.78. The lowest BCUT2D eigenvalue weighted by Gasteiger charge is -2.45. The first-order valence-corrected chi connectivity index (χ1v) is 8.30. The fourth-order valence-corrected chi connectivity index (χ4v) is 4.18. The molecular weight excluding hydrogens is 284 g/mol. The maximum atomic E-state index is 11.5. The van der Waals surface area contributed by atoms with E-state index in [0.29, 0.717) is 6.54 Å². The van der Waals surface area contributed by atoms with Crippen LogP contribution in [-0.2, 0) is 5.60 Å². The van der Waals surface area contributed by atoms with Gasteiger partial charge >= 0.3 is 0 Å². The van der Waals surface area contributed by atoms with Crippen molar-refractivity contribution in [2.24, 2.45) is 0 Å². The largest absolute Gasteiger partial charge is 0.379 e. The fraction of sp³-hybridized carbons (Fsp3) is 0.300. The summed E-state index contributed by atoms with van der Waals surface area (Å²) >= 11 is 0. The van der Waals surface area contributed by atoms with Crippen LogP contribution in [-0.4, -0.2) is 30.2 Å². The number of hydrogen-bond donors (Lipinski definition) is 2. The van der Waals surface area contributed by atoms with Crippen LogP contribution in [0, 0.1) is 0 Å². The Hall–Kier alpha value is -2.10. The van der Waals surface area contributed by atoms with E-state index in [1.807, 2.05) is 18.3 Å². The van der Waals surface area contributed by atoms with Crippen LogP contribution in [0.25, 0.3) is 10.9 Å². The first-order valence-electron chi connectivity index (χ1n) is 8.30. The van der Waals surface area contributed by atoms with Crippen molar-refractivity contribution in [1.82, 2.24) is 9.47 Å². The van der Waals surface area contributed by atoms with Gasteiger partial charge in [-0.15, -0.1) is 0 Å². The second-order valence-corrected chi connectivity index (χ2v) is 6.99. The van der Waals surface area contributed by atoms with Gasteiger partial charge in [0.25, 0.3) is 0 Å². The quantitative estimate of drug-likeness (QED) is 0.694. The number of fused-ring (bicyclic) bond motifs is 1. The summed E-state index contributed by atoms with van der Waals surface area (Å²) in [5.41, 5.74) is 2.63. The fourth-order valence-electron chi connectivity index (χ4n) is 4.18. The van der Waals surface area contributed by atoms with Crippen molar-refractivity contribution >= 4 is 16.6 Å². The van der Waals surface area contributed by atoms with Gasteiger partial charge < -0.3 is 10.1 Å². The number of likely N-dealkylation sites (tertiary alicyclic amines) is 1. The van der Waals surface area contributed by atoms with Crippen molar-refractivity contribution < 1.29 is 5.11 Å². The molecule has 2 N–H and O–H groups in total. The van der Waals surface area contributed by atoms with Gasteiger partial charge in [0.1, 0.15) is 17.8 Å². The number of para-hydroxylation sites is 1. The molecule has 4 rings (SSSR count). The standard InChI is InChI=1S/C20H23N2O/c1-22(16-7-3-2-4-8-16)14-6-12-20(23,15-22)18-9-5-10-19-17(18)11-13-21-19/h2-5,7-11,13,21,23H,6,12,14-15H2,1H3/q+1. The molecular formula is C20H23N2O+. The average molecular weight is 307 g/mol. The molecule has 1 aromatic heterocycles. The van der Waals surface area contributed by atoms with Crippen LogP contribution < -0.4 is 4.48 Å². The Morgan fingerprint density at radius 3 is 2.70 bits per heavy atom. The number of nitrogens with zero attached hydrogens (tertiary/aromatic N) is 1. The SMILES string of the molecule is C[N+]1(c2ccccc2)CCCC(O)(c2cccc3[nH]ccc23)C1. The van der Waals surface area contributed by atoms with E-state index in [0.717, 1.165) is 40.3 Å². The number of likely N-dealkylation sites (N-methyl/N-ethyl adjacent to an activating group) is 1. The van der Waals surface area contributed by atoms with E-state index in [1.54, 1.807) is 0 Å². The van der Waals surface area contributed by atoms with Gasteiger partial charge in [-0.25, -0.2) is 0 Å². The van der Waals surface area contributed by atoms with Crippen LogP contribution in [0.5, 0.6) is 0 Å². The van der Waals surface area contributed by atoms with Crippen molar-refractivity contribution in [3.8, 4) is 0 Å². The molecule has 2 atom stereocenters. The molecule has 0 spiro atoms. The summed E-state index contributed by atoms with van der Waals surface area (Å²) in [7, 11) is 2.23. The zero-order valence-corrected chi connectivity index (χ0v) is 13.5. The van der Waals surface area contributed by atoms with E-state index in [4.69, 9.17) is 0 Å². The number of quaternary nitrogens is 1. The number of aromatic nitrogens is 1. The van der Waals surface area contributed by atoms with E-state index < -0.39 is 5.60 Å². The van der Waals surface area contributed by atoms with Gasteiger partial charge in [0, 0.05) is 23.5 Å². The maximum Gasteiger partial charge on any atom is 0.139 e. The molecule has 1 aliphatic heterocycles. The normalized spacial score (nSPS) is 28.1. The van der Waals surface area contributed by atoms with Crippen molar-refractivity contribution in [2.45, 2.75) is 18.4 Å². The second kappa shape index (κ2) is 5.22. The molecule has 0 bridgehead atoms. The monoisotopic (exact) mass is 307 g/mol. The lowest BCUT2D eigenvalue weighted by molar-refractivity contribution is -0.0242. The highest BCUT2D eigenvalue weighted by Gasteiger charge is 2.44. The third-order valence-corrected chi connectivity index (χ3v) is 5.33. The van der Waals surface area contributed by atoms with Crippen LogP contribution in [0.4, 0.5) is 5.69 Å². The Labute approximate surface area is 136 Å². The minimum absolute atomic E-state index is 0.710. The summed E-state index contributed by atoms with van der Waals surface area (Å²) in [5, 5.41) is 12.7. The molecule has 23 heavy (non-hydrogen) atoms. The van der Waals surface area contributed by atoms with E-state index in [2.05, 4.69) is 54.5 Å². The lowest BCUT2D eigenvalue weighted by atomic mass is 9.82. The zero-order valence-electron chi connectivity index (χ0n) is 13.5. The van der Waals surface area contributed by atoms with E-state index in [1.165, 1.54) is 5.69 Å². The van der Waals surface area contributed by atoms with Crippen molar-refractivity contribution in [3.63, 3.8) is 0 Å². The molecule has 1 saturated heterocycles. The molecule has 0 saturated carbocycles. The third-order valence-electron chi connectivity index (χ3n) is 5.33. The highest BCUT2D eigenvalue weighted by Crippen LogP contribution is 2.39. The van der Waals surface area contributed by atoms with Crippen molar-refractivity contribution in [1.29, 1.82) is 0 Å². The summed E-state index contributed by atoms with van der Waals surface area (Å²) in [5.74, 6) is 0. The number of piperidine rings is 1. The number of H-pyrrole nitrogens is 1. The van der Waals surface area contributed by atoms with Crippen LogP contribution >= 0.6 is 0 Å². The average Bonchev–Trinajstić information content (AvgIpc) is 3.04. The smallest absolute Gasteiger partial charge is 0.139 e. The van der Waals surface area contributed by atoms with Gasteiger partial charge in [0.05, 0.1) is 13.6 Å². The number of hydrogen-bond acceptors (Lipinski definition) is 1. The topological polar surface area (TPSA) is 36.0 Å². The first kappa shape index (κ1) is 14.5. The predicted octanol–water partition coefficient (Wildman–Crippen LogP) is 3.79. The molecule has 118 valence electrons. The van der Waals surface area contributed by atoms with Crippen LogP contribution in [0.3, 0.4) is 0 Å². The second-order valence-electron chi connectivity index (χ2n) is 6.99. The number of aromatic amines is 1. The summed E-state index contributed by atoms with van der Waals surface area (Å²) in [6, 6.07) is 18.8. The predicted molar refractivity (Wildman–Crippen MR) is 95.3 cm³/mol. The van der Waals surface area contributed by atoms with Crippen LogP contribution in [0.1, 0.15) is 18.4 Å². The molecule has 3 heteroatoms. The summed E-state index contributed by atoms with van der Waals surface area (Å²) < 4.78 is 0.776. The van der Waals surface area contributed by atoms with Gasteiger partial charge in [0.2, 0.25) is 0 Å². The summed E-state index contributed by atoms with van der Waals surface area (Å²) in [4.78, 5) is 3.25. The Balaban J connectivity index is 1.78. The van der Waals surface area contributed by atoms with Gasteiger partial charge in [0.15, 0.2) is 0 Å². The first-order chi connectivity index (χ1) is 11.1. The Kier molecular flexibility index (Phi) is 3.29. The van der Waals surface area contributed by atoms with E-state index in [9.17, 15) is 5.11 Å². The molecule has 0 amide bonds. The van der Waals surface area contributed by atoms with Crippen molar-refractivity contribution in [3.05, 3.63) is 66.4 Å². The highest BCUT2D eigenvalue weighted by molar-refractivity contribution is 5.83. The molecule has 3 aromatic rings. The Morgan fingerprint density at radius 1 is 1.04 bits per heavy atom. The number of aliphatic hydroxyl groups is 1. The Bertz CT molecular complexity index is 826. The van der Waals surface area contributed by atoms with Gasteiger partial charge in [-0.2, -0.15) is 0 Å². The molecule has 2 heterocycles. The summed E-state index contributed by atoms with van der Waals surface area (Å²) in [6.45, 7) is 1.77. The highest BCUT2D eigenvalue weighted by atomic mass is 16.3. The number of benzene rings is 2. The van der Waals surface area contributed by atoms with Crippen LogP contribution in [0.15, 0.2) is 60.8 Å². The van der Waals surface area contributed by atoms with Gasteiger partial charge in [-0.05, 0) is 36.2 Å². The molecule has 2 unspecified atom stereocenters. The van der Waals surface area contributed by atoms with Gasteiger partial charge in [-0.3, -0.25) is 4.48 Å².